The number of hydrazone groups is 1. The molecule has 0 aliphatic carbocycles. The summed E-state index contributed by atoms with van der Waals surface area (Å²) in [6, 6.07) is 12.6. The molecule has 0 aliphatic rings. The van der Waals surface area contributed by atoms with Crippen LogP contribution in [0.4, 0.5) is 0 Å². The fourth-order valence-electron chi connectivity index (χ4n) is 2.78. The topological polar surface area (TPSA) is 111 Å². The lowest BCUT2D eigenvalue weighted by Crippen LogP contribution is -2.20. The highest BCUT2D eigenvalue weighted by atomic mass is 32.2. The summed E-state index contributed by atoms with van der Waals surface area (Å²) in [7, 11) is 3.08. The molecule has 2 aromatic carbocycles. The Kier molecular flexibility index (Phi) is 7.50. The number of aromatic hydroxyl groups is 1. The maximum absolute atomic E-state index is 12.2. The number of nitrogens with one attached hydrogen (secondary N) is 1. The number of para-hydroxylation sites is 1. The summed E-state index contributed by atoms with van der Waals surface area (Å²) in [5, 5.41) is 23.0. The van der Waals surface area contributed by atoms with Gasteiger partial charge in [-0.1, -0.05) is 17.8 Å². The van der Waals surface area contributed by atoms with E-state index in [2.05, 4.69) is 20.7 Å². The third-order valence-electron chi connectivity index (χ3n) is 4.36. The number of thioether (sulfide) groups is 1. The van der Waals surface area contributed by atoms with Gasteiger partial charge >= 0.3 is 0 Å². The maximum Gasteiger partial charge on any atom is 0.250 e. The summed E-state index contributed by atoms with van der Waals surface area (Å²) in [4.78, 5) is 12.2. The lowest BCUT2D eigenvalue weighted by molar-refractivity contribution is -0.118. The van der Waals surface area contributed by atoms with E-state index in [1.165, 1.54) is 25.1 Å². The van der Waals surface area contributed by atoms with E-state index in [1.807, 2.05) is 35.8 Å². The summed E-state index contributed by atoms with van der Waals surface area (Å²) in [5.74, 6) is 1.58. The largest absolute Gasteiger partial charge is 0.504 e. The molecule has 162 valence electrons. The number of hydrogen-bond acceptors (Lipinski definition) is 8. The molecule has 1 aromatic heterocycles. The zero-order chi connectivity index (χ0) is 22.2. The molecule has 0 unspecified atom stereocenters. The molecule has 0 saturated carbocycles. The third kappa shape index (κ3) is 5.34. The van der Waals surface area contributed by atoms with E-state index < -0.39 is 0 Å². The summed E-state index contributed by atoms with van der Waals surface area (Å²) in [6.45, 7) is 2.65. The molecular formula is C21H23N5O4S. The van der Waals surface area contributed by atoms with Gasteiger partial charge in [-0.3, -0.25) is 4.79 Å². The van der Waals surface area contributed by atoms with Gasteiger partial charge in [-0.25, -0.2) is 5.43 Å². The van der Waals surface area contributed by atoms with Gasteiger partial charge in [-0.05, 0) is 43.3 Å². The van der Waals surface area contributed by atoms with Crippen molar-refractivity contribution in [1.82, 2.24) is 20.2 Å². The van der Waals surface area contributed by atoms with E-state index in [4.69, 9.17) is 9.47 Å². The molecule has 1 heterocycles. The van der Waals surface area contributed by atoms with Crippen molar-refractivity contribution in [2.24, 2.45) is 5.10 Å². The van der Waals surface area contributed by atoms with E-state index in [0.29, 0.717) is 23.0 Å². The minimum absolute atomic E-state index is 0.0421. The second kappa shape index (κ2) is 10.5. The first-order valence-electron chi connectivity index (χ1n) is 9.45. The zero-order valence-electron chi connectivity index (χ0n) is 17.4. The highest BCUT2D eigenvalue weighted by Crippen LogP contribution is 2.28. The Morgan fingerprint density at radius 2 is 1.97 bits per heavy atom. The molecule has 0 aliphatic heterocycles. The van der Waals surface area contributed by atoms with E-state index in [0.717, 1.165) is 17.1 Å². The lowest BCUT2D eigenvalue weighted by atomic mass is 10.2. The minimum atomic E-state index is -0.305. The second-order valence-electron chi connectivity index (χ2n) is 6.26. The number of aromatic nitrogens is 3. The molecule has 0 atom stereocenters. The molecule has 31 heavy (non-hydrogen) atoms. The summed E-state index contributed by atoms with van der Waals surface area (Å²) in [5.41, 5.74) is 3.78. The molecule has 1 amide bonds. The number of amides is 1. The van der Waals surface area contributed by atoms with Crippen molar-refractivity contribution in [3.05, 3.63) is 48.0 Å². The first-order valence-corrected chi connectivity index (χ1v) is 10.4. The Morgan fingerprint density at radius 3 is 2.65 bits per heavy atom. The molecule has 2 N–H and O–H groups in total. The number of phenolic OH excluding ortho intramolecular Hbond substituents is 1. The molecule has 0 bridgehead atoms. The van der Waals surface area contributed by atoms with Gasteiger partial charge in [0, 0.05) is 17.7 Å². The van der Waals surface area contributed by atoms with Gasteiger partial charge in [0.05, 0.1) is 26.2 Å². The van der Waals surface area contributed by atoms with Gasteiger partial charge in [0.25, 0.3) is 5.91 Å². The number of carbonyl (C=O) groups is 1. The smallest absolute Gasteiger partial charge is 0.250 e. The van der Waals surface area contributed by atoms with Gasteiger partial charge in [-0.2, -0.15) is 5.10 Å². The highest BCUT2D eigenvalue weighted by Gasteiger charge is 2.14. The van der Waals surface area contributed by atoms with Crippen LogP contribution in [-0.4, -0.2) is 52.0 Å². The normalized spacial score (nSPS) is 10.9. The van der Waals surface area contributed by atoms with Crippen molar-refractivity contribution in [2.45, 2.75) is 18.6 Å². The Morgan fingerprint density at radius 1 is 1.19 bits per heavy atom. The summed E-state index contributed by atoms with van der Waals surface area (Å²) < 4.78 is 12.2. The molecule has 9 nitrogen and oxygen atoms in total. The van der Waals surface area contributed by atoms with Gasteiger partial charge < -0.3 is 19.1 Å². The fraction of sp³-hybridized carbons (Fsp3) is 0.238. The zero-order valence-corrected chi connectivity index (χ0v) is 18.2. The van der Waals surface area contributed by atoms with E-state index in [1.54, 1.807) is 25.3 Å². The summed E-state index contributed by atoms with van der Waals surface area (Å²) in [6.07, 6.45) is 1.36. The van der Waals surface area contributed by atoms with Crippen LogP contribution < -0.4 is 14.9 Å². The number of hydrogen-bond donors (Lipinski definition) is 2. The Hall–Kier alpha value is -3.53. The standard InChI is InChI=1S/C21H23N5O4S/c1-4-26-20(14-8-10-16(29-2)11-9-14)24-25-21(26)31-13-18(27)23-22-12-15-6-5-7-17(30-3)19(15)28/h5-12,28H,4,13H2,1-3H3,(H,23,27)/b22-12+. The first-order chi connectivity index (χ1) is 15.1. The second-order valence-corrected chi connectivity index (χ2v) is 7.20. The molecule has 3 aromatic rings. The van der Waals surface area contributed by atoms with Crippen LogP contribution in [-0.2, 0) is 11.3 Å². The molecular weight excluding hydrogens is 418 g/mol. The van der Waals surface area contributed by atoms with Crippen LogP contribution in [0.25, 0.3) is 11.4 Å². The van der Waals surface area contributed by atoms with Gasteiger partial charge in [-0.15, -0.1) is 10.2 Å². The molecule has 0 spiro atoms. The molecule has 0 radical (unpaired) electrons. The van der Waals surface area contributed by atoms with Crippen LogP contribution in [0.1, 0.15) is 12.5 Å². The van der Waals surface area contributed by atoms with Crippen LogP contribution in [0.15, 0.2) is 52.7 Å². The minimum Gasteiger partial charge on any atom is -0.504 e. The van der Waals surface area contributed by atoms with E-state index >= 15 is 0 Å². The maximum atomic E-state index is 12.2. The van der Waals surface area contributed by atoms with Gasteiger partial charge in [0.1, 0.15) is 5.75 Å². The molecule has 10 heteroatoms. The number of benzene rings is 2. The highest BCUT2D eigenvalue weighted by molar-refractivity contribution is 7.99. The van der Waals surface area contributed by atoms with Crippen LogP contribution >= 0.6 is 11.8 Å². The van der Waals surface area contributed by atoms with E-state index in [-0.39, 0.29) is 17.4 Å². The lowest BCUT2D eigenvalue weighted by Gasteiger charge is -2.07. The Labute approximate surface area is 184 Å². The van der Waals surface area contributed by atoms with Gasteiger partial charge in [0.15, 0.2) is 22.5 Å². The number of phenols is 1. The average molecular weight is 442 g/mol. The predicted molar refractivity (Wildman–Crippen MR) is 119 cm³/mol. The number of methoxy groups -OCH3 is 2. The van der Waals surface area contributed by atoms with Crippen LogP contribution in [0.3, 0.4) is 0 Å². The van der Waals surface area contributed by atoms with Crippen molar-refractivity contribution in [2.75, 3.05) is 20.0 Å². The molecule has 3 rings (SSSR count). The predicted octanol–water partition coefficient (Wildman–Crippen LogP) is 2.93. The van der Waals surface area contributed by atoms with Crippen molar-refractivity contribution in [3.8, 4) is 28.6 Å². The number of rotatable bonds is 9. The third-order valence-corrected chi connectivity index (χ3v) is 5.32. The number of carbonyl (C=O) groups excluding carboxylic acids is 1. The van der Waals surface area contributed by atoms with Crippen molar-refractivity contribution >= 4 is 23.9 Å². The van der Waals surface area contributed by atoms with Crippen LogP contribution in [0.2, 0.25) is 0 Å². The molecule has 0 fully saturated rings. The molecule has 0 saturated heterocycles. The summed E-state index contributed by atoms with van der Waals surface area (Å²) >= 11 is 1.27. The van der Waals surface area contributed by atoms with Crippen molar-refractivity contribution in [1.29, 1.82) is 0 Å². The Bertz CT molecular complexity index is 1070. The average Bonchev–Trinajstić information content (AvgIpc) is 3.21. The Balaban J connectivity index is 1.61. The fourth-order valence-corrected chi connectivity index (χ4v) is 3.57. The first kappa shape index (κ1) is 22.2. The quantitative estimate of drug-likeness (QED) is 0.298. The van der Waals surface area contributed by atoms with E-state index in [9.17, 15) is 9.90 Å². The van der Waals surface area contributed by atoms with Crippen molar-refractivity contribution < 1.29 is 19.4 Å². The van der Waals surface area contributed by atoms with Crippen LogP contribution in [0.5, 0.6) is 17.2 Å². The monoisotopic (exact) mass is 441 g/mol. The number of ether oxygens (including phenoxy) is 2. The number of nitrogens with zero attached hydrogens (tertiary/aromatic N) is 4. The van der Waals surface area contributed by atoms with Crippen molar-refractivity contribution in [3.63, 3.8) is 0 Å². The SMILES string of the molecule is CCn1c(SCC(=O)N/N=C/c2cccc(OC)c2O)nnc1-c1ccc(OC)cc1. The van der Waals surface area contributed by atoms with Gasteiger partial charge in [0.2, 0.25) is 0 Å². The van der Waals surface area contributed by atoms with Crippen LogP contribution in [0, 0.1) is 0 Å².